The van der Waals surface area contributed by atoms with E-state index in [0.717, 1.165) is 29.7 Å². The van der Waals surface area contributed by atoms with E-state index in [1.807, 2.05) is 26.8 Å². The van der Waals surface area contributed by atoms with Crippen LogP contribution in [0.4, 0.5) is 0 Å². The summed E-state index contributed by atoms with van der Waals surface area (Å²) in [6.45, 7) is 7.74. The zero-order chi connectivity index (χ0) is 19.3. The SMILES string of the molecule is Cc1ccc(CCCc2cc(C(=O)CC(C)(C)CC(=O)O)c(C)s2)cc1. The Hall–Kier alpha value is -1.94. The summed E-state index contributed by atoms with van der Waals surface area (Å²) in [5, 5.41) is 8.99. The largest absolute Gasteiger partial charge is 0.481 e. The summed E-state index contributed by atoms with van der Waals surface area (Å²) in [7, 11) is 0. The van der Waals surface area contributed by atoms with E-state index in [1.54, 1.807) is 11.3 Å². The summed E-state index contributed by atoms with van der Waals surface area (Å²) in [5.74, 6) is -0.809. The predicted molar refractivity (Wildman–Crippen MR) is 107 cm³/mol. The molecule has 1 heterocycles. The van der Waals surface area contributed by atoms with Gasteiger partial charge in [0.1, 0.15) is 0 Å². The summed E-state index contributed by atoms with van der Waals surface area (Å²) >= 11 is 1.68. The molecule has 1 aromatic heterocycles. The van der Waals surface area contributed by atoms with Gasteiger partial charge in [0.2, 0.25) is 0 Å². The van der Waals surface area contributed by atoms with E-state index in [9.17, 15) is 9.59 Å². The third-order valence-electron chi connectivity index (χ3n) is 4.55. The first-order chi connectivity index (χ1) is 12.2. The minimum absolute atomic E-state index is 0.00529. The first-order valence-electron chi connectivity index (χ1n) is 9.06. The maximum Gasteiger partial charge on any atom is 0.303 e. The molecule has 1 N–H and O–H groups in total. The number of aryl methyl sites for hydroxylation is 4. The van der Waals surface area contributed by atoms with Crippen molar-refractivity contribution < 1.29 is 14.7 Å². The van der Waals surface area contributed by atoms with Gasteiger partial charge in [-0.05, 0) is 50.2 Å². The zero-order valence-corrected chi connectivity index (χ0v) is 16.9. The Balaban J connectivity index is 1.94. The maximum absolute atomic E-state index is 12.6. The molecule has 0 aliphatic heterocycles. The molecule has 3 nitrogen and oxygen atoms in total. The summed E-state index contributed by atoms with van der Waals surface area (Å²) < 4.78 is 0. The molecule has 0 aliphatic carbocycles. The van der Waals surface area contributed by atoms with Gasteiger partial charge in [-0.3, -0.25) is 9.59 Å². The summed E-state index contributed by atoms with van der Waals surface area (Å²) in [5.41, 5.74) is 2.86. The van der Waals surface area contributed by atoms with Crippen molar-refractivity contribution in [1.29, 1.82) is 0 Å². The Kier molecular flexibility index (Phi) is 6.76. The molecule has 2 aromatic rings. The Morgan fingerprint density at radius 1 is 1.04 bits per heavy atom. The van der Waals surface area contributed by atoms with E-state index < -0.39 is 11.4 Å². The van der Waals surface area contributed by atoms with Gasteiger partial charge in [-0.2, -0.15) is 0 Å². The van der Waals surface area contributed by atoms with Crippen LogP contribution in [0.3, 0.4) is 0 Å². The first kappa shape index (κ1) is 20.4. The van der Waals surface area contributed by atoms with Crippen molar-refractivity contribution in [3.05, 3.63) is 56.8 Å². The molecule has 0 fully saturated rings. The molecule has 0 radical (unpaired) electrons. The quantitative estimate of drug-likeness (QED) is 0.582. The van der Waals surface area contributed by atoms with Crippen molar-refractivity contribution in [2.24, 2.45) is 5.41 Å². The zero-order valence-electron chi connectivity index (χ0n) is 16.1. The highest BCUT2D eigenvalue weighted by molar-refractivity contribution is 7.12. The maximum atomic E-state index is 12.6. The van der Waals surface area contributed by atoms with Crippen molar-refractivity contribution in [2.45, 2.75) is 59.8 Å². The lowest BCUT2D eigenvalue weighted by Crippen LogP contribution is -2.21. The molecule has 0 saturated heterocycles. The van der Waals surface area contributed by atoms with E-state index in [-0.39, 0.29) is 18.6 Å². The minimum atomic E-state index is -0.860. The van der Waals surface area contributed by atoms with Gasteiger partial charge in [0, 0.05) is 21.7 Å². The van der Waals surface area contributed by atoms with Gasteiger partial charge in [0.25, 0.3) is 0 Å². The Morgan fingerprint density at radius 3 is 2.31 bits per heavy atom. The van der Waals surface area contributed by atoms with Crippen LogP contribution >= 0.6 is 11.3 Å². The molecule has 0 aliphatic rings. The molecule has 0 atom stereocenters. The number of ketones is 1. The number of thiophene rings is 1. The van der Waals surface area contributed by atoms with Crippen molar-refractivity contribution in [1.82, 2.24) is 0 Å². The number of rotatable bonds is 9. The van der Waals surface area contributed by atoms with Crippen LogP contribution in [0.2, 0.25) is 0 Å². The molecular formula is C22H28O3S. The standard InChI is InChI=1S/C22H28O3S/c1-15-8-10-17(11-9-15)6-5-7-18-12-19(16(2)26-18)20(23)13-22(3,4)14-21(24)25/h8-12H,5-7,13-14H2,1-4H3,(H,24,25). The van der Waals surface area contributed by atoms with Crippen molar-refractivity contribution in [3.8, 4) is 0 Å². The van der Waals surface area contributed by atoms with E-state index in [4.69, 9.17) is 5.11 Å². The number of carboxylic acids is 1. The fourth-order valence-electron chi connectivity index (χ4n) is 3.17. The van der Waals surface area contributed by atoms with Crippen LogP contribution in [0.25, 0.3) is 0 Å². The van der Waals surface area contributed by atoms with Crippen LogP contribution in [-0.4, -0.2) is 16.9 Å². The minimum Gasteiger partial charge on any atom is -0.481 e. The second kappa shape index (κ2) is 8.63. The third-order valence-corrected chi connectivity index (χ3v) is 5.66. The summed E-state index contributed by atoms with van der Waals surface area (Å²) in [4.78, 5) is 25.8. The van der Waals surface area contributed by atoms with Crippen molar-refractivity contribution >= 4 is 23.1 Å². The van der Waals surface area contributed by atoms with Crippen LogP contribution in [0, 0.1) is 19.3 Å². The lowest BCUT2D eigenvalue weighted by molar-refractivity contribution is -0.139. The molecule has 2 rings (SSSR count). The highest BCUT2D eigenvalue weighted by atomic mass is 32.1. The van der Waals surface area contributed by atoms with Crippen molar-refractivity contribution in [3.63, 3.8) is 0 Å². The van der Waals surface area contributed by atoms with Crippen LogP contribution in [0.15, 0.2) is 30.3 Å². The molecule has 0 saturated carbocycles. The van der Waals surface area contributed by atoms with Gasteiger partial charge in [0.15, 0.2) is 5.78 Å². The predicted octanol–water partition coefficient (Wildman–Crippen LogP) is 5.61. The Morgan fingerprint density at radius 2 is 1.69 bits per heavy atom. The van der Waals surface area contributed by atoms with Crippen LogP contribution in [0.5, 0.6) is 0 Å². The molecule has 0 unspecified atom stereocenters. The topological polar surface area (TPSA) is 54.4 Å². The summed E-state index contributed by atoms with van der Waals surface area (Å²) in [6, 6.07) is 10.6. The number of Topliss-reactive ketones (excluding diaryl/α,β-unsaturated/α-hetero) is 1. The van der Waals surface area contributed by atoms with Gasteiger partial charge in [-0.25, -0.2) is 0 Å². The van der Waals surface area contributed by atoms with Gasteiger partial charge in [-0.1, -0.05) is 43.7 Å². The first-order valence-corrected chi connectivity index (χ1v) is 9.88. The molecule has 0 amide bonds. The number of carbonyl (C=O) groups excluding carboxylic acids is 1. The lowest BCUT2D eigenvalue weighted by atomic mass is 9.82. The fourth-order valence-corrected chi connectivity index (χ4v) is 4.27. The number of aliphatic carboxylic acids is 1. The van der Waals surface area contributed by atoms with E-state index in [2.05, 4.69) is 31.2 Å². The van der Waals surface area contributed by atoms with E-state index in [1.165, 1.54) is 16.0 Å². The average Bonchev–Trinajstić information content (AvgIpc) is 2.88. The van der Waals surface area contributed by atoms with Crippen molar-refractivity contribution in [2.75, 3.05) is 0 Å². The number of hydrogen-bond acceptors (Lipinski definition) is 3. The molecule has 1 aromatic carbocycles. The fraction of sp³-hybridized carbons (Fsp3) is 0.455. The second-order valence-corrected chi connectivity index (χ2v) is 9.20. The molecule has 4 heteroatoms. The van der Waals surface area contributed by atoms with E-state index in [0.29, 0.717) is 0 Å². The van der Waals surface area contributed by atoms with Gasteiger partial charge in [0.05, 0.1) is 6.42 Å². The number of carbonyl (C=O) groups is 2. The van der Waals surface area contributed by atoms with Gasteiger partial charge in [-0.15, -0.1) is 11.3 Å². The number of hydrogen-bond donors (Lipinski definition) is 1. The smallest absolute Gasteiger partial charge is 0.303 e. The molecule has 26 heavy (non-hydrogen) atoms. The highest BCUT2D eigenvalue weighted by Crippen LogP contribution is 2.30. The highest BCUT2D eigenvalue weighted by Gasteiger charge is 2.27. The normalized spacial score (nSPS) is 11.5. The lowest BCUT2D eigenvalue weighted by Gasteiger charge is -2.21. The Labute approximate surface area is 160 Å². The monoisotopic (exact) mass is 372 g/mol. The number of carboxylic acid groups (broad SMARTS) is 1. The number of benzene rings is 1. The second-order valence-electron chi connectivity index (χ2n) is 7.86. The van der Waals surface area contributed by atoms with E-state index >= 15 is 0 Å². The molecule has 0 spiro atoms. The third kappa shape index (κ3) is 6.10. The van der Waals surface area contributed by atoms with Crippen LogP contribution in [0.1, 0.15) is 64.3 Å². The summed E-state index contributed by atoms with van der Waals surface area (Å²) in [6.07, 6.45) is 3.32. The van der Waals surface area contributed by atoms with Gasteiger partial charge >= 0.3 is 5.97 Å². The Bertz CT molecular complexity index is 769. The molecule has 140 valence electrons. The molecule has 0 bridgehead atoms. The average molecular weight is 373 g/mol. The van der Waals surface area contributed by atoms with Crippen LogP contribution < -0.4 is 0 Å². The molecular weight excluding hydrogens is 344 g/mol. The van der Waals surface area contributed by atoms with Gasteiger partial charge < -0.3 is 5.11 Å². The van der Waals surface area contributed by atoms with Crippen LogP contribution in [-0.2, 0) is 17.6 Å².